The fraction of sp³-hybridized carbons (Fsp3) is 0.364. The molecule has 0 fully saturated rings. The maximum atomic E-state index is 11.6. The van der Waals surface area contributed by atoms with Gasteiger partial charge in [-0.25, -0.2) is 4.79 Å². The van der Waals surface area contributed by atoms with Crippen LogP contribution >= 0.6 is 11.3 Å². The smallest absolute Gasteiger partial charge is 0.326 e. The van der Waals surface area contributed by atoms with Gasteiger partial charge in [0, 0.05) is 11.3 Å². The molecular weight excluding hydrogens is 258 g/mol. The van der Waals surface area contributed by atoms with E-state index >= 15 is 0 Å². The number of carbonyl (C=O) groups excluding carboxylic acids is 1. The van der Waals surface area contributed by atoms with Gasteiger partial charge in [0.2, 0.25) is 5.91 Å². The first-order chi connectivity index (χ1) is 8.49. The van der Waals surface area contributed by atoms with E-state index in [2.05, 4.69) is 5.32 Å². The Morgan fingerprint density at radius 3 is 2.56 bits per heavy atom. The predicted molar refractivity (Wildman–Crippen MR) is 64.5 cm³/mol. The van der Waals surface area contributed by atoms with Crippen molar-refractivity contribution in [3.05, 3.63) is 22.4 Å². The average Bonchev–Trinajstić information content (AvgIpc) is 2.76. The van der Waals surface area contributed by atoms with Crippen molar-refractivity contribution >= 4 is 29.2 Å². The molecule has 0 bridgehead atoms. The van der Waals surface area contributed by atoms with Gasteiger partial charge >= 0.3 is 11.9 Å². The monoisotopic (exact) mass is 271 g/mol. The number of thiophene rings is 1. The molecule has 6 nitrogen and oxygen atoms in total. The maximum absolute atomic E-state index is 11.6. The quantitative estimate of drug-likeness (QED) is 0.678. The van der Waals surface area contributed by atoms with E-state index in [1.807, 2.05) is 5.38 Å². The second-order valence-electron chi connectivity index (χ2n) is 3.65. The van der Waals surface area contributed by atoms with Crippen molar-refractivity contribution < 1.29 is 24.6 Å². The van der Waals surface area contributed by atoms with E-state index in [4.69, 9.17) is 10.2 Å². The number of aliphatic carboxylic acids is 2. The van der Waals surface area contributed by atoms with E-state index in [9.17, 15) is 14.4 Å². The van der Waals surface area contributed by atoms with E-state index in [0.29, 0.717) is 0 Å². The Balaban J connectivity index is 2.47. The molecule has 98 valence electrons. The first-order valence-electron chi connectivity index (χ1n) is 5.25. The molecule has 1 aromatic heterocycles. The zero-order valence-corrected chi connectivity index (χ0v) is 10.3. The Labute approximate surface area is 107 Å². The minimum absolute atomic E-state index is 0.106. The molecular formula is C11H13NO5S. The third-order valence-electron chi connectivity index (χ3n) is 2.20. The summed E-state index contributed by atoms with van der Waals surface area (Å²) in [5.41, 5.74) is 0. The van der Waals surface area contributed by atoms with Crippen LogP contribution < -0.4 is 5.32 Å². The molecule has 0 aliphatic rings. The first kappa shape index (κ1) is 14.2. The summed E-state index contributed by atoms with van der Waals surface area (Å²) in [7, 11) is 0. The summed E-state index contributed by atoms with van der Waals surface area (Å²) in [6, 6.07) is 2.41. The van der Waals surface area contributed by atoms with E-state index in [-0.39, 0.29) is 19.3 Å². The summed E-state index contributed by atoms with van der Waals surface area (Å²) in [6.07, 6.45) is -0.314. The van der Waals surface area contributed by atoms with Gasteiger partial charge < -0.3 is 15.5 Å². The summed E-state index contributed by atoms with van der Waals surface area (Å²) in [6.45, 7) is 0. The van der Waals surface area contributed by atoms with Crippen molar-refractivity contribution in [2.45, 2.75) is 25.3 Å². The van der Waals surface area contributed by atoms with E-state index < -0.39 is 23.9 Å². The maximum Gasteiger partial charge on any atom is 0.326 e. The molecule has 0 aliphatic carbocycles. The van der Waals surface area contributed by atoms with Gasteiger partial charge in [-0.1, -0.05) is 6.07 Å². The van der Waals surface area contributed by atoms with Crippen LogP contribution in [0.5, 0.6) is 0 Å². The lowest BCUT2D eigenvalue weighted by atomic mass is 10.1. The van der Waals surface area contributed by atoms with Crippen LogP contribution in [0.4, 0.5) is 0 Å². The Kier molecular flexibility index (Phi) is 5.31. The Morgan fingerprint density at radius 2 is 2.06 bits per heavy atom. The molecule has 0 aliphatic heterocycles. The lowest BCUT2D eigenvalue weighted by Crippen LogP contribution is -2.41. The van der Waals surface area contributed by atoms with Crippen LogP contribution in [0.3, 0.4) is 0 Å². The Hall–Kier alpha value is -1.89. The molecule has 18 heavy (non-hydrogen) atoms. The topological polar surface area (TPSA) is 104 Å². The summed E-state index contributed by atoms with van der Waals surface area (Å²) < 4.78 is 0. The van der Waals surface area contributed by atoms with Crippen molar-refractivity contribution in [2.24, 2.45) is 0 Å². The van der Waals surface area contributed by atoms with Gasteiger partial charge in [0.05, 0.1) is 6.42 Å². The molecule has 0 saturated heterocycles. The molecule has 1 heterocycles. The zero-order valence-electron chi connectivity index (χ0n) is 9.46. The largest absolute Gasteiger partial charge is 0.481 e. The number of hydrogen-bond donors (Lipinski definition) is 3. The van der Waals surface area contributed by atoms with E-state index in [1.165, 1.54) is 11.3 Å². The van der Waals surface area contributed by atoms with Gasteiger partial charge in [0.25, 0.3) is 0 Å². The van der Waals surface area contributed by atoms with Crippen LogP contribution in [0.25, 0.3) is 0 Å². The third kappa shape index (κ3) is 4.96. The second kappa shape index (κ2) is 6.75. The van der Waals surface area contributed by atoms with Crippen molar-refractivity contribution in [3.8, 4) is 0 Å². The minimum Gasteiger partial charge on any atom is -0.481 e. The number of rotatable bonds is 7. The molecule has 1 amide bonds. The van der Waals surface area contributed by atoms with Crippen LogP contribution in [0, 0.1) is 0 Å². The highest BCUT2D eigenvalue weighted by atomic mass is 32.1. The highest BCUT2D eigenvalue weighted by Crippen LogP contribution is 2.09. The molecule has 1 rings (SSSR count). The molecule has 0 radical (unpaired) electrons. The van der Waals surface area contributed by atoms with Crippen LogP contribution in [0.1, 0.15) is 17.7 Å². The third-order valence-corrected chi connectivity index (χ3v) is 3.07. The Morgan fingerprint density at radius 1 is 1.33 bits per heavy atom. The lowest BCUT2D eigenvalue weighted by molar-refractivity contribution is -0.143. The molecule has 0 spiro atoms. The lowest BCUT2D eigenvalue weighted by Gasteiger charge is -2.12. The zero-order chi connectivity index (χ0) is 13.5. The van der Waals surface area contributed by atoms with Gasteiger partial charge in [0.15, 0.2) is 0 Å². The van der Waals surface area contributed by atoms with E-state index in [1.54, 1.807) is 12.1 Å². The van der Waals surface area contributed by atoms with Gasteiger partial charge in [-0.05, 0) is 17.9 Å². The number of carboxylic acids is 2. The average molecular weight is 271 g/mol. The van der Waals surface area contributed by atoms with Gasteiger partial charge in [-0.15, -0.1) is 11.3 Å². The van der Waals surface area contributed by atoms with Gasteiger partial charge in [-0.2, -0.15) is 0 Å². The van der Waals surface area contributed by atoms with Crippen LogP contribution in [-0.2, 0) is 20.8 Å². The normalized spacial score (nSPS) is 11.8. The molecule has 1 aromatic rings. The molecule has 7 heteroatoms. The summed E-state index contributed by atoms with van der Waals surface area (Å²) in [4.78, 5) is 33.6. The fourth-order valence-electron chi connectivity index (χ4n) is 1.34. The molecule has 0 aromatic carbocycles. The standard InChI is InChI=1S/C11H13NO5S/c13-9(6-7-2-1-5-18-7)12-8(11(16)17)3-4-10(14)15/h1-2,5,8H,3-4,6H2,(H,12,13)(H,14,15)(H,16,17)/t8-/m0/s1. The highest BCUT2D eigenvalue weighted by molar-refractivity contribution is 7.10. The van der Waals surface area contributed by atoms with Gasteiger partial charge in [-0.3, -0.25) is 9.59 Å². The van der Waals surface area contributed by atoms with E-state index in [0.717, 1.165) is 4.88 Å². The van der Waals surface area contributed by atoms with Crippen molar-refractivity contribution in [1.29, 1.82) is 0 Å². The highest BCUT2D eigenvalue weighted by Gasteiger charge is 2.20. The molecule has 0 unspecified atom stereocenters. The molecule has 0 saturated carbocycles. The predicted octanol–water partition coefficient (Wildman–Crippen LogP) is 0.725. The number of nitrogens with one attached hydrogen (secondary N) is 1. The molecule has 1 atom stereocenters. The minimum atomic E-state index is -1.23. The number of hydrogen-bond acceptors (Lipinski definition) is 4. The van der Waals surface area contributed by atoms with Crippen LogP contribution in [-0.4, -0.2) is 34.1 Å². The number of amides is 1. The molecule has 3 N–H and O–H groups in total. The first-order valence-corrected chi connectivity index (χ1v) is 6.13. The fourth-order valence-corrected chi connectivity index (χ4v) is 2.05. The van der Waals surface area contributed by atoms with Crippen molar-refractivity contribution in [3.63, 3.8) is 0 Å². The van der Waals surface area contributed by atoms with Crippen molar-refractivity contribution in [2.75, 3.05) is 0 Å². The van der Waals surface area contributed by atoms with Crippen LogP contribution in [0.15, 0.2) is 17.5 Å². The van der Waals surface area contributed by atoms with Crippen LogP contribution in [0.2, 0.25) is 0 Å². The van der Waals surface area contributed by atoms with Gasteiger partial charge in [0.1, 0.15) is 6.04 Å². The number of carboxylic acid groups (broad SMARTS) is 2. The Bertz CT molecular complexity index is 429. The SMILES string of the molecule is O=C(O)CC[C@H](NC(=O)Cc1cccs1)C(=O)O. The van der Waals surface area contributed by atoms with Crippen molar-refractivity contribution in [1.82, 2.24) is 5.32 Å². The summed E-state index contributed by atoms with van der Waals surface area (Å²) in [5, 5.41) is 21.5. The second-order valence-corrected chi connectivity index (χ2v) is 4.68. The summed E-state index contributed by atoms with van der Waals surface area (Å²) >= 11 is 1.40. The number of carbonyl (C=O) groups is 3. The summed E-state index contributed by atoms with van der Waals surface area (Å²) in [5.74, 6) is -2.74.